The zero-order valence-corrected chi connectivity index (χ0v) is 16.9. The highest BCUT2D eigenvalue weighted by atomic mass is 127. The fourth-order valence-electron chi connectivity index (χ4n) is 2.34. The van der Waals surface area contributed by atoms with Crippen molar-refractivity contribution in [2.24, 2.45) is 0 Å². The van der Waals surface area contributed by atoms with Crippen LogP contribution in [0.3, 0.4) is 0 Å². The van der Waals surface area contributed by atoms with Gasteiger partial charge < -0.3 is 15.4 Å². The lowest BCUT2D eigenvalue weighted by Crippen LogP contribution is -2.12. The zero-order valence-electron chi connectivity index (χ0n) is 14.7. The summed E-state index contributed by atoms with van der Waals surface area (Å²) in [6.45, 7) is 2.42. The highest BCUT2D eigenvalue weighted by Gasteiger charge is 2.35. The van der Waals surface area contributed by atoms with E-state index in [4.69, 9.17) is 4.74 Å². The summed E-state index contributed by atoms with van der Waals surface area (Å²) in [5.74, 6) is 0.421. The Labute approximate surface area is 173 Å². The lowest BCUT2D eigenvalue weighted by Gasteiger charge is -2.15. The Morgan fingerprint density at radius 1 is 0.964 bits per heavy atom. The largest absolute Gasteiger partial charge is 0.494 e. The van der Waals surface area contributed by atoms with E-state index in [0.29, 0.717) is 23.7 Å². The minimum atomic E-state index is -4.58. The third-order valence-corrected chi connectivity index (χ3v) is 4.34. The molecule has 0 spiro atoms. The van der Waals surface area contributed by atoms with Gasteiger partial charge in [-0.25, -0.2) is 4.98 Å². The number of ether oxygens (including phenoxy) is 1. The van der Waals surface area contributed by atoms with Gasteiger partial charge in [-0.05, 0) is 78.0 Å². The predicted molar refractivity (Wildman–Crippen MR) is 110 cm³/mol. The number of nitrogens with one attached hydrogen (secondary N) is 2. The third kappa shape index (κ3) is 5.24. The molecular weight excluding hydrogens is 484 g/mol. The summed E-state index contributed by atoms with van der Waals surface area (Å²) >= 11 is 2.12. The monoisotopic (exact) mass is 500 g/mol. The molecule has 3 aromatic rings. The molecule has 0 radical (unpaired) electrons. The number of nitrogens with zero attached hydrogens (tertiary/aromatic N) is 2. The number of benzene rings is 2. The van der Waals surface area contributed by atoms with Gasteiger partial charge >= 0.3 is 6.18 Å². The Morgan fingerprint density at radius 2 is 1.57 bits per heavy atom. The van der Waals surface area contributed by atoms with Gasteiger partial charge in [0.05, 0.1) is 6.61 Å². The number of anilines is 4. The highest BCUT2D eigenvalue weighted by molar-refractivity contribution is 14.1. The topological polar surface area (TPSA) is 59.1 Å². The van der Waals surface area contributed by atoms with Crippen LogP contribution in [-0.4, -0.2) is 16.6 Å². The molecular formula is C19H16F3IN4O. The van der Waals surface area contributed by atoms with Crippen molar-refractivity contribution in [2.45, 2.75) is 13.1 Å². The lowest BCUT2D eigenvalue weighted by molar-refractivity contribution is -0.137. The van der Waals surface area contributed by atoms with Gasteiger partial charge in [0.1, 0.15) is 17.1 Å². The second-order valence-electron chi connectivity index (χ2n) is 5.67. The summed E-state index contributed by atoms with van der Waals surface area (Å²) in [7, 11) is 0. The summed E-state index contributed by atoms with van der Waals surface area (Å²) in [4.78, 5) is 7.83. The zero-order chi connectivity index (χ0) is 20.1. The normalized spacial score (nSPS) is 11.2. The number of alkyl halides is 3. The molecule has 0 bridgehead atoms. The van der Waals surface area contributed by atoms with Crippen LogP contribution < -0.4 is 15.4 Å². The van der Waals surface area contributed by atoms with E-state index in [2.05, 4.69) is 43.2 Å². The molecule has 28 heavy (non-hydrogen) atoms. The number of hydrogen-bond donors (Lipinski definition) is 2. The van der Waals surface area contributed by atoms with Crippen LogP contribution in [0.15, 0.2) is 54.7 Å². The standard InChI is InChI=1S/C19H16F3IN4O/c1-2-28-15-9-7-14(8-10-15)26-18-24-11-16(19(20,21)22)17(27-18)25-13-5-3-12(23)4-6-13/h3-11H,2H2,1H3,(H2,24,25,26,27). The molecule has 5 nitrogen and oxygen atoms in total. The Balaban J connectivity index is 1.87. The van der Waals surface area contributed by atoms with Crippen LogP contribution in [0.25, 0.3) is 0 Å². The first-order chi connectivity index (χ1) is 13.3. The summed E-state index contributed by atoms with van der Waals surface area (Å²) in [6.07, 6.45) is -3.82. The van der Waals surface area contributed by atoms with E-state index >= 15 is 0 Å². The molecule has 9 heteroatoms. The lowest BCUT2D eigenvalue weighted by atomic mass is 10.2. The van der Waals surface area contributed by atoms with Crippen molar-refractivity contribution in [3.8, 4) is 5.75 Å². The molecule has 0 aliphatic rings. The highest BCUT2D eigenvalue weighted by Crippen LogP contribution is 2.35. The molecule has 1 aromatic heterocycles. The van der Waals surface area contributed by atoms with Crippen LogP contribution in [0.1, 0.15) is 12.5 Å². The maximum atomic E-state index is 13.3. The van der Waals surface area contributed by atoms with Crippen molar-refractivity contribution in [3.63, 3.8) is 0 Å². The molecule has 3 rings (SSSR count). The van der Waals surface area contributed by atoms with Crippen LogP contribution in [0, 0.1) is 3.57 Å². The quantitative estimate of drug-likeness (QED) is 0.408. The summed E-state index contributed by atoms with van der Waals surface area (Å²) in [5, 5.41) is 5.62. The van der Waals surface area contributed by atoms with Crippen molar-refractivity contribution in [1.29, 1.82) is 0 Å². The van der Waals surface area contributed by atoms with Crippen LogP contribution in [0.4, 0.5) is 36.3 Å². The Hall–Kier alpha value is -2.56. The molecule has 0 unspecified atom stereocenters. The molecule has 0 atom stereocenters. The molecule has 0 saturated heterocycles. The van der Waals surface area contributed by atoms with Crippen molar-refractivity contribution in [2.75, 3.05) is 17.2 Å². The number of rotatable bonds is 6. The van der Waals surface area contributed by atoms with Gasteiger partial charge in [0, 0.05) is 21.1 Å². The molecule has 0 fully saturated rings. The van der Waals surface area contributed by atoms with E-state index in [1.807, 2.05) is 6.92 Å². The average molecular weight is 500 g/mol. The molecule has 1 heterocycles. The maximum Gasteiger partial charge on any atom is 0.421 e. The van der Waals surface area contributed by atoms with E-state index in [-0.39, 0.29) is 11.8 Å². The van der Waals surface area contributed by atoms with Gasteiger partial charge in [0.15, 0.2) is 0 Å². The second kappa shape index (κ2) is 8.63. The van der Waals surface area contributed by atoms with Crippen molar-refractivity contribution >= 4 is 45.7 Å². The van der Waals surface area contributed by atoms with E-state index in [1.54, 1.807) is 48.5 Å². The first-order valence-electron chi connectivity index (χ1n) is 8.32. The van der Waals surface area contributed by atoms with E-state index in [9.17, 15) is 13.2 Å². The maximum absolute atomic E-state index is 13.3. The molecule has 2 aromatic carbocycles. The molecule has 2 N–H and O–H groups in total. The first kappa shape index (κ1) is 20.2. The van der Waals surface area contributed by atoms with Crippen molar-refractivity contribution in [3.05, 3.63) is 63.9 Å². The van der Waals surface area contributed by atoms with E-state index < -0.39 is 11.7 Å². The fraction of sp³-hybridized carbons (Fsp3) is 0.158. The Bertz CT molecular complexity index is 931. The number of halogens is 4. The molecule has 146 valence electrons. The summed E-state index contributed by atoms with van der Waals surface area (Å²) < 4.78 is 46.3. The molecule has 0 aliphatic carbocycles. The smallest absolute Gasteiger partial charge is 0.421 e. The third-order valence-electron chi connectivity index (χ3n) is 3.62. The van der Waals surface area contributed by atoms with Gasteiger partial charge in [-0.15, -0.1) is 0 Å². The van der Waals surface area contributed by atoms with Gasteiger partial charge in [-0.3, -0.25) is 0 Å². The molecule has 0 saturated carbocycles. The van der Waals surface area contributed by atoms with Gasteiger partial charge in [0.2, 0.25) is 5.95 Å². The summed E-state index contributed by atoms with van der Waals surface area (Å²) in [6, 6.07) is 13.9. The van der Waals surface area contributed by atoms with Crippen LogP contribution in [0.2, 0.25) is 0 Å². The van der Waals surface area contributed by atoms with Crippen LogP contribution >= 0.6 is 22.6 Å². The van der Waals surface area contributed by atoms with Crippen LogP contribution in [0.5, 0.6) is 5.75 Å². The van der Waals surface area contributed by atoms with E-state index in [1.165, 1.54) is 0 Å². The van der Waals surface area contributed by atoms with Crippen molar-refractivity contribution < 1.29 is 17.9 Å². The SMILES string of the molecule is CCOc1ccc(Nc2ncc(C(F)(F)F)c(Nc3ccc(I)cc3)n2)cc1. The predicted octanol–water partition coefficient (Wildman–Crippen LogP) is 5.99. The minimum Gasteiger partial charge on any atom is -0.494 e. The Morgan fingerprint density at radius 3 is 2.18 bits per heavy atom. The fourth-order valence-corrected chi connectivity index (χ4v) is 2.70. The Kier molecular flexibility index (Phi) is 6.22. The van der Waals surface area contributed by atoms with Gasteiger partial charge in [0.25, 0.3) is 0 Å². The van der Waals surface area contributed by atoms with Crippen LogP contribution in [-0.2, 0) is 6.18 Å². The van der Waals surface area contributed by atoms with Gasteiger partial charge in [-0.2, -0.15) is 18.2 Å². The van der Waals surface area contributed by atoms with E-state index in [0.717, 1.165) is 9.77 Å². The minimum absolute atomic E-state index is 0.0465. The number of aromatic nitrogens is 2. The second-order valence-corrected chi connectivity index (χ2v) is 6.91. The van der Waals surface area contributed by atoms with Crippen molar-refractivity contribution in [1.82, 2.24) is 9.97 Å². The summed E-state index contributed by atoms with van der Waals surface area (Å²) in [5.41, 5.74) is 0.184. The molecule has 0 amide bonds. The average Bonchev–Trinajstić information content (AvgIpc) is 2.65. The van der Waals surface area contributed by atoms with Gasteiger partial charge in [-0.1, -0.05) is 0 Å². The first-order valence-corrected chi connectivity index (χ1v) is 9.40. The number of hydrogen-bond acceptors (Lipinski definition) is 5. The molecule has 0 aliphatic heterocycles.